The van der Waals surface area contributed by atoms with Gasteiger partial charge in [0.1, 0.15) is 0 Å². The van der Waals surface area contributed by atoms with Crippen molar-refractivity contribution >= 4 is 5.91 Å². The molecule has 6 heteroatoms. The number of aliphatic hydroxyl groups excluding tert-OH is 1. The lowest BCUT2D eigenvalue weighted by Crippen LogP contribution is -2.41. The topological polar surface area (TPSA) is 79.8 Å². The first kappa shape index (κ1) is 15.6. The van der Waals surface area contributed by atoms with Crippen molar-refractivity contribution in [3.05, 3.63) is 23.8 Å². The monoisotopic (exact) mass is 294 g/mol. The molecular weight excluding hydrogens is 272 g/mol. The Hall–Kier alpha value is -1.79. The van der Waals surface area contributed by atoms with Gasteiger partial charge in [0, 0.05) is 6.54 Å². The first-order valence-corrected chi connectivity index (χ1v) is 6.99. The van der Waals surface area contributed by atoms with Gasteiger partial charge in [-0.1, -0.05) is 6.07 Å². The number of rotatable bonds is 5. The lowest BCUT2D eigenvalue weighted by molar-refractivity contribution is -0.123. The fraction of sp³-hybridized carbons (Fsp3) is 0.533. The highest BCUT2D eigenvalue weighted by atomic mass is 16.5. The first-order chi connectivity index (χ1) is 10.0. The molecule has 1 saturated heterocycles. The minimum Gasteiger partial charge on any atom is -0.493 e. The fourth-order valence-electron chi connectivity index (χ4n) is 2.44. The minimum atomic E-state index is -0.447. The molecule has 3 unspecified atom stereocenters. The third kappa shape index (κ3) is 3.65. The van der Waals surface area contributed by atoms with E-state index in [1.807, 2.05) is 25.1 Å². The standard InChI is InChI=1S/C15H22N2O4/c1-9(17-15(19)12-7-11(18)8-16-12)10-4-5-13(20-2)14(6-10)21-3/h4-6,9,11-12,16,18H,7-8H2,1-3H3,(H,17,19). The molecule has 0 aliphatic carbocycles. The smallest absolute Gasteiger partial charge is 0.237 e. The van der Waals surface area contributed by atoms with Crippen LogP contribution in [0.1, 0.15) is 24.9 Å². The maximum atomic E-state index is 12.1. The van der Waals surface area contributed by atoms with Crippen molar-refractivity contribution in [2.75, 3.05) is 20.8 Å². The molecule has 1 aliphatic rings. The molecule has 21 heavy (non-hydrogen) atoms. The number of hydrogen-bond acceptors (Lipinski definition) is 5. The number of benzene rings is 1. The highest BCUT2D eigenvalue weighted by molar-refractivity contribution is 5.82. The normalized spacial score (nSPS) is 22.7. The quantitative estimate of drug-likeness (QED) is 0.741. The molecule has 1 heterocycles. The summed E-state index contributed by atoms with van der Waals surface area (Å²) in [5.74, 6) is 1.18. The van der Waals surface area contributed by atoms with Crippen LogP contribution >= 0.6 is 0 Å². The Bertz CT molecular complexity index is 506. The van der Waals surface area contributed by atoms with E-state index in [1.54, 1.807) is 14.2 Å². The molecule has 1 fully saturated rings. The molecule has 1 aromatic carbocycles. The lowest BCUT2D eigenvalue weighted by Gasteiger charge is -2.19. The number of ether oxygens (including phenoxy) is 2. The number of methoxy groups -OCH3 is 2. The maximum absolute atomic E-state index is 12.1. The van der Waals surface area contributed by atoms with Gasteiger partial charge in [-0.3, -0.25) is 4.79 Å². The van der Waals surface area contributed by atoms with E-state index in [2.05, 4.69) is 10.6 Å². The molecule has 1 aromatic rings. The van der Waals surface area contributed by atoms with Crippen LogP contribution < -0.4 is 20.1 Å². The van der Waals surface area contributed by atoms with Crippen LogP contribution in [0.15, 0.2) is 18.2 Å². The molecule has 1 amide bonds. The Morgan fingerprint density at radius 1 is 1.38 bits per heavy atom. The molecule has 0 bridgehead atoms. The number of nitrogens with one attached hydrogen (secondary N) is 2. The number of hydrogen-bond donors (Lipinski definition) is 3. The number of carbonyl (C=O) groups excluding carboxylic acids is 1. The van der Waals surface area contributed by atoms with Crippen LogP contribution in [-0.4, -0.2) is 43.9 Å². The van der Waals surface area contributed by atoms with E-state index in [1.165, 1.54) is 0 Å². The van der Waals surface area contributed by atoms with Crippen LogP contribution in [0, 0.1) is 0 Å². The zero-order valence-corrected chi connectivity index (χ0v) is 12.6. The first-order valence-electron chi connectivity index (χ1n) is 6.99. The molecule has 3 atom stereocenters. The van der Waals surface area contributed by atoms with E-state index in [4.69, 9.17) is 9.47 Å². The molecule has 0 saturated carbocycles. The second-order valence-electron chi connectivity index (χ2n) is 5.20. The van der Waals surface area contributed by atoms with Crippen LogP contribution in [0.2, 0.25) is 0 Å². The van der Waals surface area contributed by atoms with E-state index in [0.717, 1.165) is 5.56 Å². The van der Waals surface area contributed by atoms with Crippen LogP contribution in [0.25, 0.3) is 0 Å². The van der Waals surface area contributed by atoms with Gasteiger partial charge in [0.05, 0.1) is 32.4 Å². The summed E-state index contributed by atoms with van der Waals surface area (Å²) in [4.78, 5) is 12.1. The molecule has 0 aromatic heterocycles. The summed E-state index contributed by atoms with van der Waals surface area (Å²) in [6.45, 7) is 2.37. The highest BCUT2D eigenvalue weighted by Crippen LogP contribution is 2.29. The van der Waals surface area contributed by atoms with Gasteiger partial charge in [0.15, 0.2) is 11.5 Å². The van der Waals surface area contributed by atoms with Crippen LogP contribution in [0.5, 0.6) is 11.5 Å². The second-order valence-corrected chi connectivity index (χ2v) is 5.20. The third-order valence-electron chi connectivity index (χ3n) is 3.69. The Morgan fingerprint density at radius 2 is 2.10 bits per heavy atom. The SMILES string of the molecule is COc1ccc(C(C)NC(=O)C2CC(O)CN2)cc1OC. The third-order valence-corrected chi connectivity index (χ3v) is 3.69. The van der Waals surface area contributed by atoms with Gasteiger partial charge in [0.2, 0.25) is 5.91 Å². The summed E-state index contributed by atoms with van der Waals surface area (Å²) in [5.41, 5.74) is 0.930. The zero-order chi connectivity index (χ0) is 15.4. The number of carbonyl (C=O) groups is 1. The van der Waals surface area contributed by atoms with Crippen LogP contribution in [-0.2, 0) is 4.79 Å². The van der Waals surface area contributed by atoms with Gasteiger partial charge in [0.25, 0.3) is 0 Å². The number of β-amino-alcohol motifs (C(OH)–C–C–N with tert-alkyl or cyclic N) is 1. The molecule has 116 valence electrons. The molecule has 1 aliphatic heterocycles. The summed E-state index contributed by atoms with van der Waals surface area (Å²) in [7, 11) is 3.16. The fourth-order valence-corrected chi connectivity index (χ4v) is 2.44. The predicted molar refractivity (Wildman–Crippen MR) is 78.5 cm³/mol. The highest BCUT2D eigenvalue weighted by Gasteiger charge is 2.28. The Labute approximate surface area is 124 Å². The van der Waals surface area contributed by atoms with Gasteiger partial charge in [-0.15, -0.1) is 0 Å². The Kier molecular flexibility index (Phi) is 5.03. The van der Waals surface area contributed by atoms with Crippen molar-refractivity contribution in [2.24, 2.45) is 0 Å². The predicted octanol–water partition coefficient (Wildman–Crippen LogP) is 0.604. The maximum Gasteiger partial charge on any atom is 0.237 e. The second kappa shape index (κ2) is 6.78. The van der Waals surface area contributed by atoms with Crippen molar-refractivity contribution < 1.29 is 19.4 Å². The molecule has 0 spiro atoms. The van der Waals surface area contributed by atoms with Crippen molar-refractivity contribution in [1.29, 1.82) is 0 Å². The van der Waals surface area contributed by atoms with Crippen molar-refractivity contribution in [2.45, 2.75) is 31.5 Å². The van der Waals surface area contributed by atoms with Gasteiger partial charge in [-0.2, -0.15) is 0 Å². The molecule has 3 N–H and O–H groups in total. The van der Waals surface area contributed by atoms with E-state index >= 15 is 0 Å². The van der Waals surface area contributed by atoms with Gasteiger partial charge in [-0.05, 0) is 31.0 Å². The minimum absolute atomic E-state index is 0.103. The van der Waals surface area contributed by atoms with E-state index in [9.17, 15) is 9.90 Å². The largest absolute Gasteiger partial charge is 0.493 e. The summed E-state index contributed by atoms with van der Waals surface area (Å²) < 4.78 is 10.5. The van der Waals surface area contributed by atoms with Gasteiger partial charge < -0.3 is 25.2 Å². The molecule has 2 rings (SSSR count). The summed E-state index contributed by atoms with van der Waals surface area (Å²) in [6.07, 6.45) is 0.00180. The lowest BCUT2D eigenvalue weighted by atomic mass is 10.1. The van der Waals surface area contributed by atoms with E-state index < -0.39 is 6.10 Å². The van der Waals surface area contributed by atoms with Crippen molar-refractivity contribution in [3.63, 3.8) is 0 Å². The van der Waals surface area contributed by atoms with E-state index in [-0.39, 0.29) is 18.0 Å². The summed E-state index contributed by atoms with van der Waals surface area (Å²) >= 11 is 0. The summed E-state index contributed by atoms with van der Waals surface area (Å²) in [6, 6.07) is 5.07. The Balaban J connectivity index is 2.02. The summed E-state index contributed by atoms with van der Waals surface area (Å²) in [5, 5.41) is 15.4. The average molecular weight is 294 g/mol. The zero-order valence-electron chi connectivity index (χ0n) is 12.6. The van der Waals surface area contributed by atoms with Gasteiger partial charge >= 0.3 is 0 Å². The molecule has 6 nitrogen and oxygen atoms in total. The van der Waals surface area contributed by atoms with E-state index in [0.29, 0.717) is 24.5 Å². The van der Waals surface area contributed by atoms with Crippen LogP contribution in [0.3, 0.4) is 0 Å². The van der Waals surface area contributed by atoms with Crippen molar-refractivity contribution in [3.8, 4) is 11.5 Å². The molecular formula is C15H22N2O4. The number of amides is 1. The van der Waals surface area contributed by atoms with Crippen molar-refractivity contribution in [1.82, 2.24) is 10.6 Å². The average Bonchev–Trinajstić information content (AvgIpc) is 2.93. The Morgan fingerprint density at radius 3 is 2.67 bits per heavy atom. The molecule has 0 radical (unpaired) electrons. The van der Waals surface area contributed by atoms with Crippen LogP contribution in [0.4, 0.5) is 0 Å². The number of aliphatic hydroxyl groups is 1. The van der Waals surface area contributed by atoms with Gasteiger partial charge in [-0.25, -0.2) is 0 Å².